The first-order valence-electron chi connectivity index (χ1n) is 9.60. The van der Waals surface area contributed by atoms with Crippen LogP contribution in [0.1, 0.15) is 91.9 Å². The minimum absolute atomic E-state index is 0.320. The quantitative estimate of drug-likeness (QED) is 0.261. The van der Waals surface area contributed by atoms with E-state index in [9.17, 15) is 9.46 Å². The second-order valence-electron chi connectivity index (χ2n) is 6.60. The first-order valence-corrected chi connectivity index (χ1v) is 11.1. The van der Waals surface area contributed by atoms with E-state index in [0.717, 1.165) is 38.5 Å². The van der Waals surface area contributed by atoms with Gasteiger partial charge in [-0.3, -0.25) is 9.05 Å². The molecule has 140 valence electrons. The number of hydrogen-bond donors (Lipinski definition) is 1. The fraction of sp³-hybridized carbons (Fsp3) is 1.00. The highest BCUT2D eigenvalue weighted by molar-refractivity contribution is 7.47. The summed E-state index contributed by atoms with van der Waals surface area (Å²) in [6.45, 7) is 9.20. The zero-order valence-corrected chi connectivity index (χ0v) is 16.7. The smallest absolute Gasteiger partial charge is 0.302 e. The average molecular weight is 350 g/mol. The van der Waals surface area contributed by atoms with Crippen LogP contribution in [-0.2, 0) is 13.6 Å². The maximum atomic E-state index is 12.0. The molecule has 5 heteroatoms. The van der Waals surface area contributed by atoms with Gasteiger partial charge in [0.05, 0.1) is 13.2 Å². The lowest BCUT2D eigenvalue weighted by Gasteiger charge is -2.20. The zero-order valence-electron chi connectivity index (χ0n) is 15.8. The maximum Gasteiger partial charge on any atom is 0.472 e. The van der Waals surface area contributed by atoms with Gasteiger partial charge in [0.15, 0.2) is 0 Å². The summed E-state index contributed by atoms with van der Waals surface area (Å²) in [5.41, 5.74) is 0. The summed E-state index contributed by atoms with van der Waals surface area (Å²) in [5, 5.41) is 0. The van der Waals surface area contributed by atoms with Crippen molar-refractivity contribution < 1.29 is 18.5 Å². The number of phosphoric acid groups is 1. The number of hydrogen-bond acceptors (Lipinski definition) is 3. The Bertz CT molecular complexity index is 283. The zero-order chi connectivity index (χ0) is 17.6. The second kappa shape index (κ2) is 14.5. The summed E-state index contributed by atoms with van der Waals surface area (Å²) in [4.78, 5) is 9.86. The summed E-state index contributed by atoms with van der Waals surface area (Å²) in [6, 6.07) is 0. The number of rotatable bonds is 16. The van der Waals surface area contributed by atoms with Crippen molar-refractivity contribution in [1.29, 1.82) is 0 Å². The highest BCUT2D eigenvalue weighted by Gasteiger charge is 2.24. The third-order valence-electron chi connectivity index (χ3n) is 4.53. The second-order valence-corrected chi connectivity index (χ2v) is 8.05. The van der Waals surface area contributed by atoms with E-state index in [0.29, 0.717) is 25.0 Å². The summed E-state index contributed by atoms with van der Waals surface area (Å²) in [5.74, 6) is 0.689. The van der Waals surface area contributed by atoms with Crippen molar-refractivity contribution in [2.45, 2.75) is 91.9 Å². The summed E-state index contributed by atoms with van der Waals surface area (Å²) in [7, 11) is -3.90. The molecule has 2 atom stereocenters. The van der Waals surface area contributed by atoms with Gasteiger partial charge in [-0.15, -0.1) is 0 Å². The molecule has 0 saturated carbocycles. The molecule has 0 fully saturated rings. The molecule has 0 radical (unpaired) electrons. The van der Waals surface area contributed by atoms with Gasteiger partial charge in [0.25, 0.3) is 0 Å². The Morgan fingerprint density at radius 2 is 1.17 bits per heavy atom. The highest BCUT2D eigenvalue weighted by Crippen LogP contribution is 2.44. The van der Waals surface area contributed by atoms with Crippen LogP contribution in [0.15, 0.2) is 0 Å². The Labute approximate surface area is 144 Å². The standard InChI is InChI=1S/C18H39O4P/c1-5-9-11-13-17(7-3)15-21-23(19,20)22-16-18(8-4)14-12-10-6-2/h17-18H,5-16H2,1-4H3,(H,19,20). The lowest BCUT2D eigenvalue weighted by atomic mass is 10.00. The molecule has 0 rings (SSSR count). The molecule has 0 bridgehead atoms. The van der Waals surface area contributed by atoms with Crippen LogP contribution in [0.2, 0.25) is 0 Å². The van der Waals surface area contributed by atoms with Gasteiger partial charge < -0.3 is 4.89 Å². The van der Waals surface area contributed by atoms with Crippen molar-refractivity contribution in [1.82, 2.24) is 0 Å². The molecule has 0 heterocycles. The maximum absolute atomic E-state index is 12.0. The molecule has 1 N–H and O–H groups in total. The fourth-order valence-electron chi connectivity index (χ4n) is 2.61. The van der Waals surface area contributed by atoms with E-state index >= 15 is 0 Å². The number of unbranched alkanes of at least 4 members (excludes halogenated alkanes) is 4. The Hall–Kier alpha value is 0.110. The van der Waals surface area contributed by atoms with Gasteiger partial charge in [0, 0.05) is 0 Å². The molecule has 0 saturated heterocycles. The molecule has 0 aromatic carbocycles. The molecule has 0 aliphatic carbocycles. The molecule has 0 aliphatic heterocycles. The summed E-state index contributed by atoms with van der Waals surface area (Å²) < 4.78 is 22.5. The molecule has 0 aromatic heterocycles. The van der Waals surface area contributed by atoms with E-state index in [1.807, 2.05) is 0 Å². The van der Waals surface area contributed by atoms with Crippen molar-refractivity contribution in [2.24, 2.45) is 11.8 Å². The van der Waals surface area contributed by atoms with E-state index in [1.165, 1.54) is 25.7 Å². The predicted molar refractivity (Wildman–Crippen MR) is 97.6 cm³/mol. The van der Waals surface area contributed by atoms with Gasteiger partial charge in [0.1, 0.15) is 0 Å². The monoisotopic (exact) mass is 350 g/mol. The molecule has 0 spiro atoms. The molecular weight excluding hydrogens is 311 g/mol. The first kappa shape index (κ1) is 23.1. The van der Waals surface area contributed by atoms with E-state index < -0.39 is 7.82 Å². The van der Waals surface area contributed by atoms with Crippen LogP contribution >= 0.6 is 7.82 Å². The Kier molecular flexibility index (Phi) is 14.5. The normalized spacial score (nSPS) is 16.9. The third-order valence-corrected chi connectivity index (χ3v) is 5.48. The SMILES string of the molecule is CCCCCC(CC)COP(=O)(O)OCC(CC)CCCCC. The number of phosphoric ester groups is 1. The van der Waals surface area contributed by atoms with Crippen LogP contribution in [0.25, 0.3) is 0 Å². The van der Waals surface area contributed by atoms with Crippen molar-refractivity contribution in [3.8, 4) is 0 Å². The lowest BCUT2D eigenvalue weighted by molar-refractivity contribution is 0.110. The molecule has 0 aromatic rings. The van der Waals surface area contributed by atoms with Crippen LogP contribution in [0, 0.1) is 11.8 Å². The molecule has 0 aliphatic rings. The van der Waals surface area contributed by atoms with Gasteiger partial charge in [-0.1, -0.05) is 79.1 Å². The van der Waals surface area contributed by atoms with Crippen LogP contribution in [-0.4, -0.2) is 18.1 Å². The van der Waals surface area contributed by atoms with Gasteiger partial charge in [-0.2, -0.15) is 0 Å². The van der Waals surface area contributed by atoms with Gasteiger partial charge >= 0.3 is 7.82 Å². The third kappa shape index (κ3) is 13.1. The van der Waals surface area contributed by atoms with Crippen LogP contribution in [0.4, 0.5) is 0 Å². The topological polar surface area (TPSA) is 55.8 Å². The molecule has 2 unspecified atom stereocenters. The van der Waals surface area contributed by atoms with Crippen molar-refractivity contribution in [3.63, 3.8) is 0 Å². The molecule has 4 nitrogen and oxygen atoms in total. The van der Waals surface area contributed by atoms with E-state index in [-0.39, 0.29) is 0 Å². The summed E-state index contributed by atoms with van der Waals surface area (Å²) in [6.07, 6.45) is 11.2. The minimum atomic E-state index is -3.90. The van der Waals surface area contributed by atoms with E-state index in [2.05, 4.69) is 27.7 Å². The highest BCUT2D eigenvalue weighted by atomic mass is 31.2. The average Bonchev–Trinajstić information content (AvgIpc) is 2.54. The van der Waals surface area contributed by atoms with Gasteiger partial charge in [-0.05, 0) is 24.7 Å². The Morgan fingerprint density at radius 1 is 0.783 bits per heavy atom. The molecular formula is C18H39O4P. The Balaban J connectivity index is 4.07. The van der Waals surface area contributed by atoms with Crippen molar-refractivity contribution in [2.75, 3.05) is 13.2 Å². The fourth-order valence-corrected chi connectivity index (χ4v) is 3.49. The van der Waals surface area contributed by atoms with Crippen molar-refractivity contribution >= 4 is 7.82 Å². The van der Waals surface area contributed by atoms with Gasteiger partial charge in [-0.25, -0.2) is 4.57 Å². The first-order chi connectivity index (χ1) is 11.0. The van der Waals surface area contributed by atoms with Crippen LogP contribution in [0.3, 0.4) is 0 Å². The van der Waals surface area contributed by atoms with E-state index in [1.54, 1.807) is 0 Å². The molecule has 23 heavy (non-hydrogen) atoms. The van der Waals surface area contributed by atoms with Crippen LogP contribution < -0.4 is 0 Å². The summed E-state index contributed by atoms with van der Waals surface area (Å²) >= 11 is 0. The largest absolute Gasteiger partial charge is 0.472 e. The molecule has 0 amide bonds. The van der Waals surface area contributed by atoms with E-state index in [4.69, 9.17) is 9.05 Å². The minimum Gasteiger partial charge on any atom is -0.302 e. The predicted octanol–water partition coefficient (Wildman–Crippen LogP) is 6.33. The Morgan fingerprint density at radius 3 is 1.48 bits per heavy atom. The lowest BCUT2D eigenvalue weighted by Crippen LogP contribution is -2.12. The van der Waals surface area contributed by atoms with Gasteiger partial charge in [0.2, 0.25) is 0 Å². The van der Waals surface area contributed by atoms with Crippen molar-refractivity contribution in [3.05, 3.63) is 0 Å². The van der Waals surface area contributed by atoms with Crippen LogP contribution in [0.5, 0.6) is 0 Å².